The first kappa shape index (κ1) is 22.5. The molecule has 3 aromatic carbocycles. The molecule has 1 saturated heterocycles. The van der Waals surface area contributed by atoms with Gasteiger partial charge in [-0.25, -0.2) is 9.07 Å². The third-order valence-electron chi connectivity index (χ3n) is 7.03. The number of aromatic nitrogens is 2. The zero-order valence-electron chi connectivity index (χ0n) is 19.5. The lowest BCUT2D eigenvalue weighted by molar-refractivity contribution is -0.0256. The Hall–Kier alpha value is -3.28. The summed E-state index contributed by atoms with van der Waals surface area (Å²) < 4.78 is 16.8. The molecule has 174 valence electrons. The Bertz CT molecular complexity index is 1240. The minimum atomic E-state index is -0.560. The minimum absolute atomic E-state index is 0.259. The van der Waals surface area contributed by atoms with Crippen molar-refractivity contribution in [2.24, 2.45) is 0 Å². The molecule has 0 radical (unpaired) electrons. The third-order valence-corrected chi connectivity index (χ3v) is 7.03. The molecule has 0 amide bonds. The number of hydrogen-bond acceptors (Lipinski definition) is 3. The van der Waals surface area contributed by atoms with E-state index in [9.17, 15) is 9.50 Å². The molecule has 2 heterocycles. The van der Waals surface area contributed by atoms with Crippen LogP contribution >= 0.6 is 0 Å². The van der Waals surface area contributed by atoms with Crippen LogP contribution in [-0.4, -0.2) is 38.5 Å². The Morgan fingerprint density at radius 1 is 0.882 bits per heavy atom. The van der Waals surface area contributed by atoms with E-state index in [0.29, 0.717) is 12.1 Å². The van der Waals surface area contributed by atoms with Gasteiger partial charge in [-0.05, 0) is 54.7 Å². The van der Waals surface area contributed by atoms with Crippen molar-refractivity contribution in [3.8, 4) is 28.1 Å². The molecule has 5 rings (SSSR count). The van der Waals surface area contributed by atoms with Crippen LogP contribution in [0.15, 0.2) is 85.1 Å². The fourth-order valence-corrected chi connectivity index (χ4v) is 4.78. The first-order chi connectivity index (χ1) is 16.6. The van der Waals surface area contributed by atoms with Crippen LogP contribution in [0, 0.1) is 5.82 Å². The summed E-state index contributed by atoms with van der Waals surface area (Å²) in [5.74, 6) is -0.259. The maximum Gasteiger partial charge on any atom is 0.132 e. The van der Waals surface area contributed by atoms with E-state index in [-0.39, 0.29) is 5.82 Å². The molecule has 4 aromatic rings. The molecular weight excluding hydrogens is 425 g/mol. The normalized spacial score (nSPS) is 16.0. The van der Waals surface area contributed by atoms with E-state index >= 15 is 0 Å². The van der Waals surface area contributed by atoms with Crippen molar-refractivity contribution >= 4 is 0 Å². The number of hydrogen-bond donors (Lipinski definition) is 1. The average Bonchev–Trinajstić information content (AvgIpc) is 3.29. The summed E-state index contributed by atoms with van der Waals surface area (Å²) in [5, 5.41) is 15.3. The topological polar surface area (TPSA) is 41.3 Å². The van der Waals surface area contributed by atoms with Crippen LogP contribution in [0.25, 0.3) is 28.1 Å². The van der Waals surface area contributed by atoms with Gasteiger partial charge in [0.25, 0.3) is 0 Å². The zero-order chi connectivity index (χ0) is 23.5. The van der Waals surface area contributed by atoms with E-state index in [2.05, 4.69) is 29.2 Å². The van der Waals surface area contributed by atoms with Crippen molar-refractivity contribution in [2.75, 3.05) is 13.1 Å². The van der Waals surface area contributed by atoms with E-state index in [1.165, 1.54) is 6.07 Å². The Morgan fingerprint density at radius 3 is 2.21 bits per heavy atom. The molecular formula is C29H30FN3O. The van der Waals surface area contributed by atoms with Crippen LogP contribution in [0.2, 0.25) is 0 Å². The highest BCUT2D eigenvalue weighted by Gasteiger charge is 2.31. The lowest BCUT2D eigenvalue weighted by atomic mass is 9.89. The van der Waals surface area contributed by atoms with Gasteiger partial charge in [0.1, 0.15) is 5.82 Å². The maximum absolute atomic E-state index is 15.0. The van der Waals surface area contributed by atoms with Gasteiger partial charge in [-0.15, -0.1) is 0 Å². The van der Waals surface area contributed by atoms with Gasteiger partial charge in [-0.3, -0.25) is 4.90 Å². The first-order valence-corrected chi connectivity index (χ1v) is 12.0. The summed E-state index contributed by atoms with van der Waals surface area (Å²) >= 11 is 0. The van der Waals surface area contributed by atoms with Crippen LogP contribution in [0.1, 0.15) is 31.7 Å². The monoisotopic (exact) mass is 455 g/mol. The highest BCUT2D eigenvalue weighted by molar-refractivity contribution is 5.68. The molecule has 1 aliphatic heterocycles. The van der Waals surface area contributed by atoms with Gasteiger partial charge in [0.05, 0.1) is 23.2 Å². The smallest absolute Gasteiger partial charge is 0.132 e. The van der Waals surface area contributed by atoms with Crippen LogP contribution in [0.3, 0.4) is 0 Å². The highest BCUT2D eigenvalue weighted by Crippen LogP contribution is 2.32. The molecule has 0 saturated carbocycles. The van der Waals surface area contributed by atoms with Crippen molar-refractivity contribution in [1.82, 2.24) is 14.7 Å². The second kappa shape index (κ2) is 9.53. The molecule has 1 aromatic heterocycles. The Kier molecular flexibility index (Phi) is 6.31. The largest absolute Gasteiger partial charge is 0.390 e. The molecule has 1 N–H and O–H groups in total. The fraction of sp³-hybridized carbons (Fsp3) is 0.276. The van der Waals surface area contributed by atoms with Gasteiger partial charge in [0, 0.05) is 30.8 Å². The van der Waals surface area contributed by atoms with Crippen molar-refractivity contribution in [3.05, 3.63) is 96.4 Å². The molecule has 0 spiro atoms. The lowest BCUT2D eigenvalue weighted by Crippen LogP contribution is -2.43. The van der Waals surface area contributed by atoms with Crippen LogP contribution < -0.4 is 0 Å². The van der Waals surface area contributed by atoms with Gasteiger partial charge in [-0.2, -0.15) is 5.10 Å². The van der Waals surface area contributed by atoms with Crippen molar-refractivity contribution < 1.29 is 9.50 Å². The number of benzene rings is 3. The van der Waals surface area contributed by atoms with Crippen molar-refractivity contribution in [2.45, 2.75) is 38.3 Å². The van der Waals surface area contributed by atoms with E-state index in [1.807, 2.05) is 60.3 Å². The van der Waals surface area contributed by atoms with Gasteiger partial charge >= 0.3 is 0 Å². The molecule has 0 unspecified atom stereocenters. The summed E-state index contributed by atoms with van der Waals surface area (Å²) in [7, 11) is 0. The number of rotatable bonds is 6. The molecule has 0 bridgehead atoms. The van der Waals surface area contributed by atoms with E-state index in [1.54, 1.807) is 6.07 Å². The van der Waals surface area contributed by atoms with Crippen LogP contribution in [-0.2, 0) is 6.54 Å². The predicted molar refractivity (Wildman–Crippen MR) is 134 cm³/mol. The number of halogens is 1. The molecule has 5 heteroatoms. The summed E-state index contributed by atoms with van der Waals surface area (Å²) in [6.07, 6.45) is 4.15. The van der Waals surface area contributed by atoms with Crippen LogP contribution in [0.5, 0.6) is 0 Å². The Balaban J connectivity index is 1.49. The minimum Gasteiger partial charge on any atom is -0.390 e. The lowest BCUT2D eigenvalue weighted by Gasteiger charge is -2.37. The Labute approximate surface area is 200 Å². The van der Waals surface area contributed by atoms with Crippen molar-refractivity contribution in [3.63, 3.8) is 0 Å². The highest BCUT2D eigenvalue weighted by atomic mass is 19.1. The molecule has 34 heavy (non-hydrogen) atoms. The average molecular weight is 456 g/mol. The molecule has 4 nitrogen and oxygen atoms in total. The second-order valence-electron chi connectivity index (χ2n) is 9.18. The van der Waals surface area contributed by atoms with Gasteiger partial charge in [-0.1, -0.05) is 61.5 Å². The predicted octanol–water partition coefficient (Wildman–Crippen LogP) is 6.08. The van der Waals surface area contributed by atoms with Gasteiger partial charge in [0.2, 0.25) is 0 Å². The number of aliphatic hydroxyl groups is 1. The van der Waals surface area contributed by atoms with E-state index in [0.717, 1.165) is 60.4 Å². The van der Waals surface area contributed by atoms with Crippen molar-refractivity contribution in [1.29, 1.82) is 0 Å². The quantitative estimate of drug-likeness (QED) is 0.383. The fourth-order valence-electron chi connectivity index (χ4n) is 4.78. The number of piperidine rings is 1. The van der Waals surface area contributed by atoms with Crippen LogP contribution in [0.4, 0.5) is 4.39 Å². The van der Waals surface area contributed by atoms with Gasteiger partial charge < -0.3 is 5.11 Å². The summed E-state index contributed by atoms with van der Waals surface area (Å²) in [6, 6.07) is 25.3. The first-order valence-electron chi connectivity index (χ1n) is 12.0. The summed E-state index contributed by atoms with van der Waals surface area (Å²) in [4.78, 5) is 2.33. The standard InChI is InChI=1S/C29H30FN3O/c1-2-29(34)16-18-32(19-17-29)21-24-20-31-33(28(24)26-10-6-7-11-27(26)30)25-14-12-23(13-15-25)22-8-4-3-5-9-22/h3-15,20,34H,2,16-19,21H2,1H3. The maximum atomic E-state index is 15.0. The molecule has 0 aliphatic carbocycles. The van der Waals surface area contributed by atoms with E-state index in [4.69, 9.17) is 5.10 Å². The SMILES string of the molecule is CCC1(O)CCN(Cc2cnn(-c3ccc(-c4ccccc4)cc3)c2-c2ccccc2F)CC1. The molecule has 0 atom stereocenters. The summed E-state index contributed by atoms with van der Waals surface area (Å²) in [5.41, 5.74) is 4.92. The second-order valence-corrected chi connectivity index (χ2v) is 9.18. The molecule has 1 aliphatic rings. The zero-order valence-corrected chi connectivity index (χ0v) is 19.5. The Morgan fingerprint density at radius 2 is 1.53 bits per heavy atom. The number of nitrogens with zero attached hydrogens (tertiary/aromatic N) is 3. The number of likely N-dealkylation sites (tertiary alicyclic amines) is 1. The van der Waals surface area contributed by atoms with E-state index < -0.39 is 5.60 Å². The van der Waals surface area contributed by atoms with Gasteiger partial charge in [0.15, 0.2) is 0 Å². The summed E-state index contributed by atoms with van der Waals surface area (Å²) in [6.45, 7) is 4.35. The third kappa shape index (κ3) is 4.54. The molecule has 1 fully saturated rings.